The third kappa shape index (κ3) is 4.87. The summed E-state index contributed by atoms with van der Waals surface area (Å²) in [7, 11) is 0. The van der Waals surface area contributed by atoms with E-state index in [1.807, 2.05) is 36.4 Å². The number of nitrogens with zero attached hydrogens (tertiary/aromatic N) is 1. The number of ether oxygens (including phenoxy) is 2. The second kappa shape index (κ2) is 8.97. The molecule has 0 radical (unpaired) electrons. The lowest BCUT2D eigenvalue weighted by molar-refractivity contribution is 0.174. The Morgan fingerprint density at radius 3 is 2.31 bits per heavy atom. The van der Waals surface area contributed by atoms with Crippen LogP contribution in [-0.2, 0) is 13.1 Å². The highest BCUT2D eigenvalue weighted by molar-refractivity contribution is 7.80. The van der Waals surface area contributed by atoms with E-state index in [0.717, 1.165) is 28.7 Å². The minimum absolute atomic E-state index is 0.124. The summed E-state index contributed by atoms with van der Waals surface area (Å²) >= 11 is 5.81. The summed E-state index contributed by atoms with van der Waals surface area (Å²) in [5, 5.41) is 4.22. The average Bonchev–Trinajstić information content (AvgIpc) is 3.22. The van der Waals surface area contributed by atoms with Crippen LogP contribution in [0, 0.1) is 0 Å². The largest absolute Gasteiger partial charge is 0.454 e. The van der Waals surface area contributed by atoms with Gasteiger partial charge in [0.1, 0.15) is 0 Å². The molecule has 1 heterocycles. The van der Waals surface area contributed by atoms with Crippen LogP contribution in [0.3, 0.4) is 0 Å². The quantitative estimate of drug-likeness (QED) is 0.581. The van der Waals surface area contributed by atoms with Crippen molar-refractivity contribution in [2.45, 2.75) is 26.1 Å². The smallest absolute Gasteiger partial charge is 0.231 e. The summed E-state index contributed by atoms with van der Waals surface area (Å²) in [6.45, 7) is 3.81. The maximum Gasteiger partial charge on any atom is 0.231 e. The molecule has 4 nitrogen and oxygen atoms in total. The van der Waals surface area contributed by atoms with Crippen molar-refractivity contribution < 1.29 is 9.47 Å². The van der Waals surface area contributed by atoms with Gasteiger partial charge in [-0.1, -0.05) is 66.7 Å². The van der Waals surface area contributed by atoms with Crippen LogP contribution in [0.5, 0.6) is 11.5 Å². The van der Waals surface area contributed by atoms with Crippen molar-refractivity contribution in [2.75, 3.05) is 6.79 Å². The molecular weight excluding hydrogens is 380 g/mol. The first-order chi connectivity index (χ1) is 14.2. The Morgan fingerprint density at radius 1 is 0.897 bits per heavy atom. The molecule has 0 fully saturated rings. The molecule has 4 rings (SSSR count). The Hall–Kier alpha value is -3.05. The van der Waals surface area contributed by atoms with Gasteiger partial charge in [0, 0.05) is 13.1 Å². The molecule has 0 amide bonds. The molecule has 1 aliphatic rings. The van der Waals surface area contributed by atoms with Crippen molar-refractivity contribution in [1.82, 2.24) is 10.2 Å². The van der Waals surface area contributed by atoms with Gasteiger partial charge in [-0.3, -0.25) is 0 Å². The number of thiocarbonyl (C=S) groups is 1. The minimum Gasteiger partial charge on any atom is -0.454 e. The molecule has 1 N–H and O–H groups in total. The van der Waals surface area contributed by atoms with Crippen LogP contribution in [0.2, 0.25) is 0 Å². The SMILES string of the molecule is C[C@H](NC(=S)N(Cc1ccccc1)Cc1ccc2c(c1)OCO2)c1ccccc1. The van der Waals surface area contributed by atoms with E-state index in [1.165, 1.54) is 11.1 Å². The lowest BCUT2D eigenvalue weighted by atomic mass is 10.1. The summed E-state index contributed by atoms with van der Waals surface area (Å²) in [5.74, 6) is 1.58. The summed E-state index contributed by atoms with van der Waals surface area (Å²) in [6.07, 6.45) is 0. The van der Waals surface area contributed by atoms with E-state index in [1.54, 1.807) is 0 Å². The van der Waals surface area contributed by atoms with Gasteiger partial charge in [-0.25, -0.2) is 0 Å². The highest BCUT2D eigenvalue weighted by Gasteiger charge is 2.17. The van der Waals surface area contributed by atoms with Crippen molar-refractivity contribution in [1.29, 1.82) is 0 Å². The third-order valence-corrected chi connectivity index (χ3v) is 5.33. The molecule has 0 aliphatic carbocycles. The molecule has 29 heavy (non-hydrogen) atoms. The van der Waals surface area contributed by atoms with Gasteiger partial charge in [0.25, 0.3) is 0 Å². The molecule has 0 saturated heterocycles. The van der Waals surface area contributed by atoms with E-state index in [0.29, 0.717) is 6.54 Å². The summed E-state index contributed by atoms with van der Waals surface area (Å²) in [6, 6.07) is 26.9. The van der Waals surface area contributed by atoms with E-state index in [-0.39, 0.29) is 12.8 Å². The maximum absolute atomic E-state index is 5.81. The molecule has 5 heteroatoms. The van der Waals surface area contributed by atoms with Crippen molar-refractivity contribution in [3.05, 3.63) is 95.6 Å². The number of hydrogen-bond acceptors (Lipinski definition) is 3. The molecule has 148 valence electrons. The molecule has 0 unspecified atom stereocenters. The zero-order valence-electron chi connectivity index (χ0n) is 16.4. The van der Waals surface area contributed by atoms with Gasteiger partial charge in [-0.15, -0.1) is 0 Å². The fourth-order valence-electron chi connectivity index (χ4n) is 3.36. The van der Waals surface area contributed by atoms with Gasteiger partial charge in [-0.2, -0.15) is 0 Å². The topological polar surface area (TPSA) is 33.7 Å². The van der Waals surface area contributed by atoms with E-state index < -0.39 is 0 Å². The second-order valence-electron chi connectivity index (χ2n) is 7.11. The monoisotopic (exact) mass is 404 g/mol. The molecule has 0 aromatic heterocycles. The molecule has 1 atom stereocenters. The van der Waals surface area contributed by atoms with Crippen LogP contribution >= 0.6 is 12.2 Å². The number of rotatable bonds is 6. The van der Waals surface area contributed by atoms with Crippen molar-refractivity contribution in [3.63, 3.8) is 0 Å². The Balaban J connectivity index is 1.52. The highest BCUT2D eigenvalue weighted by atomic mass is 32.1. The Bertz CT molecular complexity index is 963. The molecule has 3 aromatic rings. The zero-order valence-corrected chi connectivity index (χ0v) is 17.2. The van der Waals surface area contributed by atoms with Crippen LogP contribution in [0.15, 0.2) is 78.9 Å². The van der Waals surface area contributed by atoms with Crippen LogP contribution in [0.1, 0.15) is 29.7 Å². The first-order valence-corrected chi connectivity index (χ1v) is 10.1. The molecule has 0 spiro atoms. The average molecular weight is 405 g/mol. The first kappa shape index (κ1) is 19.3. The first-order valence-electron chi connectivity index (χ1n) is 9.72. The van der Waals surface area contributed by atoms with Crippen LogP contribution < -0.4 is 14.8 Å². The molecule has 1 aliphatic heterocycles. The Labute approximate surface area is 177 Å². The number of fused-ring (bicyclic) bond motifs is 1. The fraction of sp³-hybridized carbons (Fsp3) is 0.208. The lowest BCUT2D eigenvalue weighted by Gasteiger charge is -2.28. The van der Waals surface area contributed by atoms with E-state index in [2.05, 4.69) is 59.6 Å². The van der Waals surface area contributed by atoms with Gasteiger partial charge < -0.3 is 19.7 Å². The molecule has 3 aromatic carbocycles. The molecular formula is C24H24N2O2S. The molecule has 0 bridgehead atoms. The normalized spacial score (nSPS) is 13.0. The van der Waals surface area contributed by atoms with Crippen molar-refractivity contribution in [2.24, 2.45) is 0 Å². The van der Waals surface area contributed by atoms with Gasteiger partial charge in [0.2, 0.25) is 6.79 Å². The molecule has 0 saturated carbocycles. The summed E-state index contributed by atoms with van der Waals surface area (Å²) in [4.78, 5) is 2.18. The minimum atomic E-state index is 0.124. The van der Waals surface area contributed by atoms with Crippen LogP contribution in [-0.4, -0.2) is 16.8 Å². The number of benzene rings is 3. The van der Waals surface area contributed by atoms with Crippen LogP contribution in [0.4, 0.5) is 0 Å². The number of hydrogen-bond donors (Lipinski definition) is 1. The zero-order chi connectivity index (χ0) is 20.1. The van der Waals surface area contributed by atoms with E-state index >= 15 is 0 Å². The van der Waals surface area contributed by atoms with Crippen molar-refractivity contribution in [3.8, 4) is 11.5 Å². The lowest BCUT2D eigenvalue weighted by Crippen LogP contribution is -2.40. The van der Waals surface area contributed by atoms with Crippen LogP contribution in [0.25, 0.3) is 0 Å². The predicted molar refractivity (Wildman–Crippen MR) is 119 cm³/mol. The number of nitrogens with one attached hydrogen (secondary N) is 1. The van der Waals surface area contributed by atoms with Gasteiger partial charge in [0.15, 0.2) is 16.6 Å². The van der Waals surface area contributed by atoms with E-state index in [4.69, 9.17) is 21.7 Å². The fourth-order valence-corrected chi connectivity index (χ4v) is 3.67. The summed E-state index contributed by atoms with van der Waals surface area (Å²) in [5.41, 5.74) is 3.55. The second-order valence-corrected chi connectivity index (χ2v) is 7.50. The Kier molecular flexibility index (Phi) is 5.96. The Morgan fingerprint density at radius 2 is 1.55 bits per heavy atom. The van der Waals surface area contributed by atoms with Crippen molar-refractivity contribution >= 4 is 17.3 Å². The predicted octanol–water partition coefficient (Wildman–Crippen LogP) is 5.05. The standard InChI is InChI=1S/C24H24N2O2S/c1-18(21-10-6-3-7-11-21)25-24(29)26(15-19-8-4-2-5-9-19)16-20-12-13-22-23(14-20)28-17-27-22/h2-14,18H,15-17H2,1H3,(H,25,29)/t18-/m0/s1. The van der Waals surface area contributed by atoms with Gasteiger partial charge in [-0.05, 0) is 48.0 Å². The van der Waals surface area contributed by atoms with Gasteiger partial charge >= 0.3 is 0 Å². The highest BCUT2D eigenvalue weighted by Crippen LogP contribution is 2.33. The van der Waals surface area contributed by atoms with Gasteiger partial charge in [0.05, 0.1) is 6.04 Å². The maximum atomic E-state index is 5.81. The summed E-state index contributed by atoms with van der Waals surface area (Å²) < 4.78 is 11.0. The third-order valence-electron chi connectivity index (χ3n) is 4.95. The van der Waals surface area contributed by atoms with E-state index in [9.17, 15) is 0 Å².